The molecule has 1 fully saturated rings. The maximum Gasteiger partial charge on any atom is 0.160 e. The zero-order valence-electron chi connectivity index (χ0n) is 16.2. The fourth-order valence-electron chi connectivity index (χ4n) is 3.87. The molecule has 0 aliphatic carbocycles. The normalized spacial score (nSPS) is 14.6. The molecule has 1 N–H and O–H groups in total. The SMILES string of the molecule is c1cc2cn[nH]c2cc1-c1ncc2c(cnn2-c2ccc(N3CCOCC3)cc2)n1. The summed E-state index contributed by atoms with van der Waals surface area (Å²) in [5, 5.41) is 12.7. The van der Waals surface area contributed by atoms with Crippen LogP contribution in [0.15, 0.2) is 61.1 Å². The third-order valence-electron chi connectivity index (χ3n) is 5.49. The third-order valence-corrected chi connectivity index (χ3v) is 5.49. The molecule has 0 amide bonds. The van der Waals surface area contributed by atoms with Crippen LogP contribution >= 0.6 is 0 Å². The number of anilines is 1. The Bertz CT molecular complexity index is 1330. The van der Waals surface area contributed by atoms with E-state index in [4.69, 9.17) is 9.72 Å². The molecule has 0 spiro atoms. The van der Waals surface area contributed by atoms with E-state index in [1.807, 2.05) is 29.1 Å². The van der Waals surface area contributed by atoms with Crippen LogP contribution in [0.5, 0.6) is 0 Å². The molecule has 4 heterocycles. The average molecular weight is 397 g/mol. The van der Waals surface area contributed by atoms with Gasteiger partial charge in [-0.15, -0.1) is 0 Å². The summed E-state index contributed by atoms with van der Waals surface area (Å²) in [5.41, 5.74) is 5.77. The summed E-state index contributed by atoms with van der Waals surface area (Å²) >= 11 is 0. The second-order valence-electron chi connectivity index (χ2n) is 7.31. The van der Waals surface area contributed by atoms with Gasteiger partial charge in [0.05, 0.1) is 43.0 Å². The van der Waals surface area contributed by atoms with E-state index in [0.717, 1.165) is 59.5 Å². The van der Waals surface area contributed by atoms with Gasteiger partial charge in [-0.25, -0.2) is 14.6 Å². The van der Waals surface area contributed by atoms with Crippen LogP contribution < -0.4 is 4.90 Å². The Labute approximate surface area is 172 Å². The van der Waals surface area contributed by atoms with E-state index < -0.39 is 0 Å². The average Bonchev–Trinajstić information content (AvgIpc) is 3.46. The van der Waals surface area contributed by atoms with Crippen molar-refractivity contribution in [3.63, 3.8) is 0 Å². The lowest BCUT2D eigenvalue weighted by atomic mass is 10.1. The summed E-state index contributed by atoms with van der Waals surface area (Å²) in [4.78, 5) is 11.6. The van der Waals surface area contributed by atoms with Crippen molar-refractivity contribution in [1.29, 1.82) is 0 Å². The summed E-state index contributed by atoms with van der Waals surface area (Å²) in [6.07, 6.45) is 5.42. The Morgan fingerprint density at radius 1 is 0.900 bits per heavy atom. The van der Waals surface area contributed by atoms with Crippen LogP contribution in [0.3, 0.4) is 0 Å². The van der Waals surface area contributed by atoms with Gasteiger partial charge in [-0.1, -0.05) is 12.1 Å². The summed E-state index contributed by atoms with van der Waals surface area (Å²) in [5.74, 6) is 0.668. The van der Waals surface area contributed by atoms with Gasteiger partial charge in [-0.3, -0.25) is 5.10 Å². The standard InChI is InChI=1S/C22H19N7O/c1-2-16-12-24-27-19(16)11-15(1)22-23-14-21-20(26-22)13-25-29(21)18-5-3-17(4-6-18)28-7-9-30-10-8-28/h1-6,11-14H,7-10H2,(H,24,27). The number of hydrogen-bond acceptors (Lipinski definition) is 6. The number of benzene rings is 2. The summed E-state index contributed by atoms with van der Waals surface area (Å²) in [7, 11) is 0. The van der Waals surface area contributed by atoms with Crippen molar-refractivity contribution in [3.8, 4) is 17.1 Å². The van der Waals surface area contributed by atoms with Gasteiger partial charge >= 0.3 is 0 Å². The van der Waals surface area contributed by atoms with Gasteiger partial charge in [0, 0.05) is 29.7 Å². The van der Waals surface area contributed by atoms with E-state index >= 15 is 0 Å². The van der Waals surface area contributed by atoms with Crippen LogP contribution in [-0.4, -0.2) is 56.2 Å². The number of morpholine rings is 1. The molecule has 30 heavy (non-hydrogen) atoms. The van der Waals surface area contributed by atoms with E-state index in [2.05, 4.69) is 49.4 Å². The molecule has 3 aromatic heterocycles. The number of hydrogen-bond donors (Lipinski definition) is 1. The van der Waals surface area contributed by atoms with Crippen molar-refractivity contribution < 1.29 is 4.74 Å². The third kappa shape index (κ3) is 2.89. The monoisotopic (exact) mass is 397 g/mol. The number of H-pyrrole nitrogens is 1. The smallest absolute Gasteiger partial charge is 0.160 e. The lowest BCUT2D eigenvalue weighted by molar-refractivity contribution is 0.122. The Balaban J connectivity index is 1.33. The lowest BCUT2D eigenvalue weighted by Crippen LogP contribution is -2.36. The first-order chi connectivity index (χ1) is 14.8. The number of fused-ring (bicyclic) bond motifs is 2. The molecule has 0 atom stereocenters. The second-order valence-corrected chi connectivity index (χ2v) is 7.31. The van der Waals surface area contributed by atoms with Crippen molar-refractivity contribution in [2.75, 3.05) is 31.2 Å². The molecule has 1 saturated heterocycles. The Kier molecular flexibility index (Phi) is 3.95. The van der Waals surface area contributed by atoms with E-state index in [1.165, 1.54) is 5.69 Å². The first-order valence-corrected chi connectivity index (χ1v) is 9.93. The van der Waals surface area contributed by atoms with Crippen molar-refractivity contribution in [1.82, 2.24) is 29.9 Å². The Morgan fingerprint density at radius 2 is 1.73 bits per heavy atom. The van der Waals surface area contributed by atoms with Gasteiger partial charge in [0.1, 0.15) is 11.0 Å². The minimum Gasteiger partial charge on any atom is -0.378 e. The molecule has 8 heteroatoms. The Hall–Kier alpha value is -3.78. The quantitative estimate of drug-likeness (QED) is 0.503. The molecule has 8 nitrogen and oxygen atoms in total. The molecule has 0 bridgehead atoms. The maximum atomic E-state index is 5.44. The van der Waals surface area contributed by atoms with Gasteiger partial charge in [0.25, 0.3) is 0 Å². The molecule has 0 saturated carbocycles. The maximum absolute atomic E-state index is 5.44. The lowest BCUT2D eigenvalue weighted by Gasteiger charge is -2.28. The van der Waals surface area contributed by atoms with Gasteiger partial charge in [0.2, 0.25) is 0 Å². The number of aromatic nitrogens is 6. The van der Waals surface area contributed by atoms with Crippen LogP contribution in [-0.2, 0) is 4.74 Å². The molecule has 148 valence electrons. The summed E-state index contributed by atoms with van der Waals surface area (Å²) in [6, 6.07) is 14.5. The topological polar surface area (TPSA) is 84.8 Å². The van der Waals surface area contributed by atoms with Crippen molar-refractivity contribution in [3.05, 3.63) is 61.1 Å². The van der Waals surface area contributed by atoms with Gasteiger partial charge in [-0.2, -0.15) is 10.2 Å². The zero-order chi connectivity index (χ0) is 19.9. The Morgan fingerprint density at radius 3 is 2.60 bits per heavy atom. The van der Waals surface area contributed by atoms with E-state index in [9.17, 15) is 0 Å². The van der Waals surface area contributed by atoms with E-state index in [0.29, 0.717) is 5.82 Å². The zero-order valence-corrected chi connectivity index (χ0v) is 16.2. The van der Waals surface area contributed by atoms with Crippen molar-refractivity contribution in [2.45, 2.75) is 0 Å². The number of aromatic amines is 1. The molecule has 0 radical (unpaired) electrons. The van der Waals surface area contributed by atoms with Crippen LogP contribution in [0, 0.1) is 0 Å². The second kappa shape index (κ2) is 6.93. The highest BCUT2D eigenvalue weighted by molar-refractivity contribution is 5.84. The predicted molar refractivity (Wildman–Crippen MR) is 115 cm³/mol. The summed E-state index contributed by atoms with van der Waals surface area (Å²) < 4.78 is 7.31. The fraction of sp³-hybridized carbons (Fsp3) is 0.182. The van der Waals surface area contributed by atoms with Crippen LogP contribution in [0.2, 0.25) is 0 Å². The number of ether oxygens (including phenoxy) is 1. The van der Waals surface area contributed by atoms with Crippen LogP contribution in [0.4, 0.5) is 5.69 Å². The van der Waals surface area contributed by atoms with E-state index in [1.54, 1.807) is 12.4 Å². The largest absolute Gasteiger partial charge is 0.378 e. The number of nitrogens with one attached hydrogen (secondary N) is 1. The fourth-order valence-corrected chi connectivity index (χ4v) is 3.87. The minimum absolute atomic E-state index is 0.668. The van der Waals surface area contributed by atoms with Crippen molar-refractivity contribution in [2.24, 2.45) is 0 Å². The minimum atomic E-state index is 0.668. The van der Waals surface area contributed by atoms with Gasteiger partial charge < -0.3 is 9.64 Å². The molecular weight excluding hydrogens is 378 g/mol. The first-order valence-electron chi connectivity index (χ1n) is 9.93. The van der Waals surface area contributed by atoms with Crippen LogP contribution in [0.25, 0.3) is 39.0 Å². The molecular formula is C22H19N7O. The predicted octanol–water partition coefficient (Wildman–Crippen LogP) is 3.20. The molecule has 5 aromatic rings. The first kappa shape index (κ1) is 17.1. The van der Waals surface area contributed by atoms with Gasteiger partial charge in [-0.05, 0) is 30.3 Å². The highest BCUT2D eigenvalue weighted by Gasteiger charge is 2.13. The highest BCUT2D eigenvalue weighted by atomic mass is 16.5. The van der Waals surface area contributed by atoms with Crippen molar-refractivity contribution >= 4 is 27.6 Å². The van der Waals surface area contributed by atoms with Crippen LogP contribution in [0.1, 0.15) is 0 Å². The number of nitrogens with zero attached hydrogens (tertiary/aromatic N) is 6. The molecule has 1 aliphatic heterocycles. The number of rotatable bonds is 3. The molecule has 6 rings (SSSR count). The molecule has 0 unspecified atom stereocenters. The molecule has 2 aromatic carbocycles. The van der Waals surface area contributed by atoms with Gasteiger partial charge in [0.15, 0.2) is 5.82 Å². The highest BCUT2D eigenvalue weighted by Crippen LogP contribution is 2.24. The summed E-state index contributed by atoms with van der Waals surface area (Å²) in [6.45, 7) is 3.40. The molecule has 1 aliphatic rings. The van der Waals surface area contributed by atoms with E-state index in [-0.39, 0.29) is 0 Å².